The predicted octanol–water partition coefficient (Wildman–Crippen LogP) is 2.24. The summed E-state index contributed by atoms with van der Waals surface area (Å²) >= 11 is 0. The average Bonchev–Trinajstić information content (AvgIpc) is 2.11. The first-order valence-corrected chi connectivity index (χ1v) is 6.37. The third kappa shape index (κ3) is 3.62. The number of nitrogens with one attached hydrogen (secondary N) is 1. The van der Waals surface area contributed by atoms with Crippen molar-refractivity contribution in [2.24, 2.45) is 5.92 Å². The second-order valence-electron chi connectivity index (χ2n) is 5.94. The Labute approximate surface area is 108 Å². The topological polar surface area (TPSA) is 64.6 Å². The molecule has 1 saturated carbocycles. The lowest BCUT2D eigenvalue weighted by molar-refractivity contribution is -0.157. The predicted molar refractivity (Wildman–Crippen MR) is 67.1 cm³/mol. The van der Waals surface area contributed by atoms with Gasteiger partial charge in [-0.1, -0.05) is 6.92 Å². The maximum absolute atomic E-state index is 11.9. The van der Waals surface area contributed by atoms with Gasteiger partial charge < -0.3 is 14.8 Å². The summed E-state index contributed by atoms with van der Waals surface area (Å²) in [5, 5.41) is 2.67. The minimum Gasteiger partial charge on any atom is -0.464 e. The molecular formula is C13H23NO4. The van der Waals surface area contributed by atoms with Crippen LogP contribution in [-0.2, 0) is 14.3 Å². The lowest BCUT2D eigenvalue weighted by Gasteiger charge is -2.44. The lowest BCUT2D eigenvalue weighted by Crippen LogP contribution is -2.63. The Balaban J connectivity index is 2.64. The fourth-order valence-corrected chi connectivity index (χ4v) is 2.22. The Morgan fingerprint density at radius 2 is 1.89 bits per heavy atom. The van der Waals surface area contributed by atoms with Crippen molar-refractivity contribution in [3.63, 3.8) is 0 Å². The van der Waals surface area contributed by atoms with Gasteiger partial charge in [-0.2, -0.15) is 0 Å². The molecule has 1 aliphatic carbocycles. The largest absolute Gasteiger partial charge is 0.464 e. The molecule has 5 heteroatoms. The number of ether oxygens (including phenoxy) is 2. The number of alkyl carbamates (subject to hydrolysis) is 1. The molecule has 0 atom stereocenters. The lowest BCUT2D eigenvalue weighted by atomic mass is 9.69. The zero-order valence-corrected chi connectivity index (χ0v) is 11.8. The van der Waals surface area contributed by atoms with Gasteiger partial charge in [0.05, 0.1) is 6.61 Å². The summed E-state index contributed by atoms with van der Waals surface area (Å²) in [6.07, 6.45) is 0.637. The Hall–Kier alpha value is -1.26. The molecule has 0 aromatic carbocycles. The van der Waals surface area contributed by atoms with Gasteiger partial charge in [0.25, 0.3) is 0 Å². The number of esters is 1. The highest BCUT2D eigenvalue weighted by molar-refractivity contribution is 5.87. The van der Waals surface area contributed by atoms with E-state index in [1.807, 2.05) is 6.92 Å². The van der Waals surface area contributed by atoms with Crippen molar-refractivity contribution >= 4 is 12.1 Å². The average molecular weight is 257 g/mol. The van der Waals surface area contributed by atoms with E-state index in [1.54, 1.807) is 27.7 Å². The number of carbonyl (C=O) groups is 2. The van der Waals surface area contributed by atoms with E-state index >= 15 is 0 Å². The van der Waals surface area contributed by atoms with Gasteiger partial charge in [0.1, 0.15) is 11.1 Å². The molecule has 0 bridgehead atoms. The van der Waals surface area contributed by atoms with Gasteiger partial charge in [0.15, 0.2) is 0 Å². The SMILES string of the molecule is CCOC(=O)[C@]1(NC(=O)OC(C)(C)C)C[C@@H](C)C1. The van der Waals surface area contributed by atoms with Gasteiger partial charge in [0.2, 0.25) is 0 Å². The van der Waals surface area contributed by atoms with Gasteiger partial charge >= 0.3 is 12.1 Å². The molecule has 0 spiro atoms. The summed E-state index contributed by atoms with van der Waals surface area (Å²) in [6.45, 7) is 9.45. The van der Waals surface area contributed by atoms with E-state index in [4.69, 9.17) is 9.47 Å². The molecular weight excluding hydrogens is 234 g/mol. The van der Waals surface area contributed by atoms with Crippen LogP contribution in [0.25, 0.3) is 0 Å². The molecule has 0 aromatic rings. The third-order valence-corrected chi connectivity index (χ3v) is 2.80. The molecule has 0 aliphatic heterocycles. The molecule has 104 valence electrons. The van der Waals surface area contributed by atoms with Gasteiger partial charge in [0, 0.05) is 0 Å². The van der Waals surface area contributed by atoms with Crippen molar-refractivity contribution in [3.05, 3.63) is 0 Å². The van der Waals surface area contributed by atoms with E-state index in [9.17, 15) is 9.59 Å². The van der Waals surface area contributed by atoms with Crippen molar-refractivity contribution in [1.29, 1.82) is 0 Å². The molecule has 0 radical (unpaired) electrons. The Morgan fingerprint density at radius 3 is 2.28 bits per heavy atom. The molecule has 0 aromatic heterocycles. The van der Waals surface area contributed by atoms with Crippen LogP contribution in [-0.4, -0.2) is 29.8 Å². The summed E-state index contributed by atoms with van der Waals surface area (Å²) in [5.41, 5.74) is -1.47. The van der Waals surface area contributed by atoms with Crippen LogP contribution in [0.4, 0.5) is 4.79 Å². The first-order valence-electron chi connectivity index (χ1n) is 6.37. The number of rotatable bonds is 3. The summed E-state index contributed by atoms with van der Waals surface area (Å²) in [6, 6.07) is 0. The van der Waals surface area contributed by atoms with Crippen LogP contribution in [0.3, 0.4) is 0 Å². The van der Waals surface area contributed by atoms with E-state index in [0.717, 1.165) is 0 Å². The van der Waals surface area contributed by atoms with Gasteiger partial charge in [-0.3, -0.25) is 0 Å². The molecule has 0 saturated heterocycles. The minimum absolute atomic E-state index is 0.310. The first-order chi connectivity index (χ1) is 8.18. The summed E-state index contributed by atoms with van der Waals surface area (Å²) < 4.78 is 10.2. The number of hydrogen-bond donors (Lipinski definition) is 1. The van der Waals surface area contributed by atoms with Crippen molar-refractivity contribution in [2.75, 3.05) is 6.61 Å². The zero-order valence-electron chi connectivity index (χ0n) is 11.8. The second kappa shape index (κ2) is 5.16. The summed E-state index contributed by atoms with van der Waals surface area (Å²) in [7, 11) is 0. The summed E-state index contributed by atoms with van der Waals surface area (Å²) in [4.78, 5) is 23.6. The fourth-order valence-electron chi connectivity index (χ4n) is 2.22. The molecule has 1 fully saturated rings. The minimum atomic E-state index is -0.891. The highest BCUT2D eigenvalue weighted by Crippen LogP contribution is 2.38. The van der Waals surface area contributed by atoms with Crippen LogP contribution in [0.5, 0.6) is 0 Å². The molecule has 0 unspecified atom stereocenters. The van der Waals surface area contributed by atoms with E-state index in [1.165, 1.54) is 0 Å². The highest BCUT2D eigenvalue weighted by Gasteiger charge is 2.51. The fraction of sp³-hybridized carbons (Fsp3) is 0.846. The zero-order chi connectivity index (χ0) is 14.0. The van der Waals surface area contributed by atoms with Gasteiger partial charge in [-0.15, -0.1) is 0 Å². The molecule has 1 N–H and O–H groups in total. The highest BCUT2D eigenvalue weighted by atomic mass is 16.6. The molecule has 18 heavy (non-hydrogen) atoms. The molecule has 0 heterocycles. The quantitative estimate of drug-likeness (QED) is 0.787. The molecule has 1 amide bonds. The van der Waals surface area contributed by atoms with Crippen LogP contribution in [0.2, 0.25) is 0 Å². The molecule has 5 nitrogen and oxygen atoms in total. The normalized spacial score (nSPS) is 27.1. The summed E-state index contributed by atoms with van der Waals surface area (Å²) in [5.74, 6) is 0.0401. The van der Waals surface area contributed by atoms with Crippen LogP contribution in [0.15, 0.2) is 0 Å². The molecule has 1 aliphatic rings. The maximum Gasteiger partial charge on any atom is 0.408 e. The van der Waals surface area contributed by atoms with Crippen LogP contribution in [0.1, 0.15) is 47.5 Å². The Morgan fingerprint density at radius 1 is 1.33 bits per heavy atom. The monoisotopic (exact) mass is 257 g/mol. The van der Waals surface area contributed by atoms with E-state index < -0.39 is 17.2 Å². The van der Waals surface area contributed by atoms with Crippen molar-refractivity contribution in [2.45, 2.75) is 58.6 Å². The second-order valence-corrected chi connectivity index (χ2v) is 5.94. The maximum atomic E-state index is 11.9. The van der Waals surface area contributed by atoms with E-state index in [0.29, 0.717) is 25.4 Å². The van der Waals surface area contributed by atoms with E-state index in [-0.39, 0.29) is 5.97 Å². The Kier molecular flexibility index (Phi) is 4.24. The van der Waals surface area contributed by atoms with E-state index in [2.05, 4.69) is 5.32 Å². The standard InChI is InChI=1S/C13H23NO4/c1-6-17-10(15)13(7-9(2)8-13)14-11(16)18-12(3,4)5/h9H,6-8H2,1-5H3,(H,14,16)/t9-,13+. The van der Waals surface area contributed by atoms with Crippen LogP contribution < -0.4 is 5.32 Å². The number of hydrogen-bond acceptors (Lipinski definition) is 4. The number of amides is 1. The van der Waals surface area contributed by atoms with Crippen LogP contribution >= 0.6 is 0 Å². The molecule has 1 rings (SSSR count). The van der Waals surface area contributed by atoms with Gasteiger partial charge in [-0.05, 0) is 46.5 Å². The van der Waals surface area contributed by atoms with Crippen molar-refractivity contribution in [1.82, 2.24) is 5.32 Å². The number of carbonyl (C=O) groups excluding carboxylic acids is 2. The first kappa shape index (κ1) is 14.8. The van der Waals surface area contributed by atoms with Gasteiger partial charge in [-0.25, -0.2) is 9.59 Å². The Bertz CT molecular complexity index is 326. The smallest absolute Gasteiger partial charge is 0.408 e. The van der Waals surface area contributed by atoms with Crippen LogP contribution in [0, 0.1) is 5.92 Å². The van der Waals surface area contributed by atoms with Crippen molar-refractivity contribution in [3.8, 4) is 0 Å². The third-order valence-electron chi connectivity index (χ3n) is 2.80. The van der Waals surface area contributed by atoms with Crippen molar-refractivity contribution < 1.29 is 19.1 Å².